The summed E-state index contributed by atoms with van der Waals surface area (Å²) in [6.45, 7) is 4.04. The summed E-state index contributed by atoms with van der Waals surface area (Å²) in [6, 6.07) is 12.1. The highest BCUT2D eigenvalue weighted by Crippen LogP contribution is 2.35. The number of hydrogen-bond donors (Lipinski definition) is 0. The molecule has 0 unspecified atom stereocenters. The highest BCUT2D eigenvalue weighted by atomic mass is 35.5. The van der Waals surface area contributed by atoms with Crippen LogP contribution in [0.25, 0.3) is 10.8 Å². The lowest BCUT2D eigenvalue weighted by atomic mass is 10.0. The van der Waals surface area contributed by atoms with E-state index >= 15 is 0 Å². The third-order valence-corrected chi connectivity index (χ3v) is 4.66. The van der Waals surface area contributed by atoms with Gasteiger partial charge in [-0.25, -0.2) is 0 Å². The highest BCUT2D eigenvalue weighted by molar-refractivity contribution is 6.18. The SMILES string of the molecule is COc1cc2c(CCl)cnc(Cc3ccc(OC(C)C)cc3)c2cc1OC. The van der Waals surface area contributed by atoms with Crippen molar-refractivity contribution in [1.82, 2.24) is 4.98 Å². The third-order valence-electron chi connectivity index (χ3n) is 4.37. The zero-order chi connectivity index (χ0) is 19.4. The van der Waals surface area contributed by atoms with Crippen LogP contribution >= 0.6 is 11.6 Å². The first-order valence-electron chi connectivity index (χ1n) is 8.89. The van der Waals surface area contributed by atoms with Crippen molar-refractivity contribution in [2.75, 3.05) is 14.2 Å². The van der Waals surface area contributed by atoms with Crippen molar-refractivity contribution in [2.24, 2.45) is 0 Å². The van der Waals surface area contributed by atoms with E-state index in [4.69, 9.17) is 25.8 Å². The molecule has 0 aliphatic carbocycles. The second kappa shape index (κ2) is 8.49. The van der Waals surface area contributed by atoms with Crippen LogP contribution in [0.15, 0.2) is 42.6 Å². The Morgan fingerprint density at radius 2 is 1.59 bits per heavy atom. The van der Waals surface area contributed by atoms with Crippen LogP contribution in [0, 0.1) is 0 Å². The van der Waals surface area contributed by atoms with Gasteiger partial charge in [-0.15, -0.1) is 11.6 Å². The van der Waals surface area contributed by atoms with Crippen LogP contribution < -0.4 is 14.2 Å². The van der Waals surface area contributed by atoms with E-state index in [1.807, 2.05) is 44.3 Å². The average molecular weight is 386 g/mol. The maximum Gasteiger partial charge on any atom is 0.161 e. The van der Waals surface area contributed by atoms with Crippen molar-refractivity contribution in [2.45, 2.75) is 32.3 Å². The maximum atomic E-state index is 6.12. The van der Waals surface area contributed by atoms with Crippen LogP contribution in [0.2, 0.25) is 0 Å². The maximum absolute atomic E-state index is 6.12. The Bertz CT molecular complexity index is 923. The Labute approximate surface area is 165 Å². The van der Waals surface area contributed by atoms with Crippen molar-refractivity contribution < 1.29 is 14.2 Å². The van der Waals surface area contributed by atoms with Crippen molar-refractivity contribution in [1.29, 1.82) is 0 Å². The van der Waals surface area contributed by atoms with Crippen LogP contribution in [-0.4, -0.2) is 25.3 Å². The van der Waals surface area contributed by atoms with E-state index < -0.39 is 0 Å². The molecule has 0 N–H and O–H groups in total. The summed E-state index contributed by atoms with van der Waals surface area (Å²) >= 11 is 6.12. The molecule has 0 saturated carbocycles. The molecule has 0 aliphatic rings. The molecule has 5 heteroatoms. The van der Waals surface area contributed by atoms with Gasteiger partial charge in [0.2, 0.25) is 0 Å². The number of ether oxygens (including phenoxy) is 3. The third kappa shape index (κ3) is 4.28. The van der Waals surface area contributed by atoms with Gasteiger partial charge in [0.05, 0.1) is 26.0 Å². The molecular formula is C22H24ClNO3. The molecule has 0 bridgehead atoms. The van der Waals surface area contributed by atoms with E-state index in [0.717, 1.165) is 33.3 Å². The van der Waals surface area contributed by atoms with Gasteiger partial charge >= 0.3 is 0 Å². The second-order valence-corrected chi connectivity index (χ2v) is 6.87. The molecule has 0 aliphatic heterocycles. The van der Waals surface area contributed by atoms with Crippen LogP contribution in [0.1, 0.15) is 30.7 Å². The number of halogens is 1. The first-order chi connectivity index (χ1) is 13.0. The Balaban J connectivity index is 2.01. The van der Waals surface area contributed by atoms with Crippen LogP contribution in [0.3, 0.4) is 0 Å². The van der Waals surface area contributed by atoms with E-state index in [-0.39, 0.29) is 6.10 Å². The number of alkyl halides is 1. The number of benzene rings is 2. The number of pyridine rings is 1. The summed E-state index contributed by atoms with van der Waals surface area (Å²) in [6.07, 6.45) is 2.70. The number of hydrogen-bond acceptors (Lipinski definition) is 4. The van der Waals surface area contributed by atoms with Crippen molar-refractivity contribution >= 4 is 22.4 Å². The molecule has 3 rings (SSSR count). The molecule has 27 heavy (non-hydrogen) atoms. The smallest absolute Gasteiger partial charge is 0.161 e. The summed E-state index contributed by atoms with van der Waals surface area (Å²) in [5, 5.41) is 2.06. The molecule has 0 atom stereocenters. The van der Waals surface area contributed by atoms with Crippen LogP contribution in [-0.2, 0) is 12.3 Å². The molecule has 0 radical (unpaired) electrons. The summed E-state index contributed by atoms with van der Waals surface area (Å²) in [5.74, 6) is 2.63. The number of nitrogens with zero attached hydrogens (tertiary/aromatic N) is 1. The Kier molecular flexibility index (Phi) is 6.07. The predicted octanol–water partition coefficient (Wildman–Crippen LogP) is 5.37. The number of aromatic nitrogens is 1. The first-order valence-corrected chi connectivity index (χ1v) is 9.43. The molecule has 4 nitrogen and oxygen atoms in total. The second-order valence-electron chi connectivity index (χ2n) is 6.60. The molecule has 0 spiro atoms. The van der Waals surface area contributed by atoms with E-state index in [1.165, 1.54) is 0 Å². The standard InChI is InChI=1S/C22H24ClNO3/c1-14(2)27-17-7-5-15(6-8-17)9-20-19-11-22(26-4)21(25-3)10-18(19)16(12-23)13-24-20/h5-8,10-11,13-14H,9,12H2,1-4H3. The molecule has 3 aromatic rings. The minimum atomic E-state index is 0.159. The van der Waals surface area contributed by atoms with Crippen LogP contribution in [0.5, 0.6) is 17.2 Å². The molecule has 142 valence electrons. The Morgan fingerprint density at radius 3 is 2.15 bits per heavy atom. The summed E-state index contributed by atoms with van der Waals surface area (Å²) in [7, 11) is 3.27. The zero-order valence-electron chi connectivity index (χ0n) is 16.1. The van der Waals surface area contributed by atoms with Gasteiger partial charge in [-0.2, -0.15) is 0 Å². The fraction of sp³-hybridized carbons (Fsp3) is 0.318. The van der Waals surface area contributed by atoms with E-state index in [0.29, 0.717) is 23.8 Å². The van der Waals surface area contributed by atoms with Gasteiger partial charge in [-0.1, -0.05) is 12.1 Å². The van der Waals surface area contributed by atoms with Crippen molar-refractivity contribution in [3.8, 4) is 17.2 Å². The monoisotopic (exact) mass is 385 g/mol. The molecular weight excluding hydrogens is 362 g/mol. The fourth-order valence-electron chi connectivity index (χ4n) is 3.08. The van der Waals surface area contributed by atoms with Gasteiger partial charge in [0.1, 0.15) is 5.75 Å². The molecule has 0 fully saturated rings. The average Bonchev–Trinajstić information content (AvgIpc) is 2.68. The zero-order valence-corrected chi connectivity index (χ0v) is 16.8. The van der Waals surface area contributed by atoms with Gasteiger partial charge in [-0.05, 0) is 54.6 Å². The molecule has 0 saturated heterocycles. The van der Waals surface area contributed by atoms with Gasteiger partial charge in [0, 0.05) is 23.9 Å². The topological polar surface area (TPSA) is 40.6 Å². The van der Waals surface area contributed by atoms with Crippen molar-refractivity contribution in [3.63, 3.8) is 0 Å². The Morgan fingerprint density at radius 1 is 0.963 bits per heavy atom. The lowest BCUT2D eigenvalue weighted by molar-refractivity contribution is 0.242. The summed E-state index contributed by atoms with van der Waals surface area (Å²) < 4.78 is 16.6. The normalized spacial score (nSPS) is 11.0. The highest BCUT2D eigenvalue weighted by Gasteiger charge is 2.13. The minimum Gasteiger partial charge on any atom is -0.493 e. The van der Waals surface area contributed by atoms with E-state index in [9.17, 15) is 0 Å². The Hall–Kier alpha value is -2.46. The fourth-order valence-corrected chi connectivity index (χ4v) is 3.29. The minimum absolute atomic E-state index is 0.159. The van der Waals surface area contributed by atoms with E-state index in [2.05, 4.69) is 17.1 Å². The van der Waals surface area contributed by atoms with Crippen molar-refractivity contribution in [3.05, 3.63) is 59.4 Å². The molecule has 2 aromatic carbocycles. The lowest BCUT2D eigenvalue weighted by Crippen LogP contribution is -2.05. The lowest BCUT2D eigenvalue weighted by Gasteiger charge is -2.14. The molecule has 1 heterocycles. The van der Waals surface area contributed by atoms with Crippen LogP contribution in [0.4, 0.5) is 0 Å². The number of rotatable bonds is 7. The largest absolute Gasteiger partial charge is 0.493 e. The van der Waals surface area contributed by atoms with Gasteiger partial charge in [0.15, 0.2) is 11.5 Å². The number of fused-ring (bicyclic) bond motifs is 1. The summed E-state index contributed by atoms with van der Waals surface area (Å²) in [5.41, 5.74) is 3.10. The van der Waals surface area contributed by atoms with Gasteiger partial charge in [0.25, 0.3) is 0 Å². The van der Waals surface area contributed by atoms with Gasteiger partial charge < -0.3 is 14.2 Å². The molecule has 0 amide bonds. The summed E-state index contributed by atoms with van der Waals surface area (Å²) in [4.78, 5) is 4.66. The molecule has 1 aromatic heterocycles. The number of methoxy groups -OCH3 is 2. The quantitative estimate of drug-likeness (QED) is 0.513. The van der Waals surface area contributed by atoms with Gasteiger partial charge in [-0.3, -0.25) is 4.98 Å². The first kappa shape index (κ1) is 19.3. The predicted molar refractivity (Wildman–Crippen MR) is 109 cm³/mol. The van der Waals surface area contributed by atoms with E-state index in [1.54, 1.807) is 14.2 Å².